The Labute approximate surface area is 179 Å². The summed E-state index contributed by atoms with van der Waals surface area (Å²) in [5, 5.41) is 21.9. The largest absolute Gasteiger partial charge is 0.493 e. The predicted molar refractivity (Wildman–Crippen MR) is 114 cm³/mol. The minimum absolute atomic E-state index is 0.0939. The molecule has 2 heterocycles. The van der Waals surface area contributed by atoms with Gasteiger partial charge in [-0.3, -0.25) is 9.69 Å². The van der Waals surface area contributed by atoms with Gasteiger partial charge in [0.05, 0.1) is 36.6 Å². The maximum absolute atomic E-state index is 13.2. The molecule has 0 spiro atoms. The first-order valence-electron chi connectivity index (χ1n) is 9.54. The Kier molecular flexibility index (Phi) is 5.22. The van der Waals surface area contributed by atoms with Crippen LogP contribution in [0.15, 0.2) is 53.1 Å². The summed E-state index contributed by atoms with van der Waals surface area (Å²) in [6.45, 7) is 1.97. The van der Waals surface area contributed by atoms with Gasteiger partial charge in [-0.2, -0.15) is 5.26 Å². The maximum Gasteiger partial charge on any atom is 0.231 e. The molecule has 6 nitrogen and oxygen atoms in total. The summed E-state index contributed by atoms with van der Waals surface area (Å²) >= 11 is 1.34. The number of nitrogens with zero attached hydrogens (tertiary/aromatic N) is 2. The van der Waals surface area contributed by atoms with Crippen LogP contribution in [0.2, 0.25) is 0 Å². The van der Waals surface area contributed by atoms with Crippen LogP contribution in [-0.4, -0.2) is 35.9 Å². The molecule has 30 heavy (non-hydrogen) atoms. The van der Waals surface area contributed by atoms with Crippen molar-refractivity contribution in [2.45, 2.75) is 25.0 Å². The lowest BCUT2D eigenvalue weighted by atomic mass is 9.85. The summed E-state index contributed by atoms with van der Waals surface area (Å²) in [7, 11) is 3.11. The smallest absolute Gasteiger partial charge is 0.231 e. The Morgan fingerprint density at radius 1 is 1.17 bits per heavy atom. The van der Waals surface area contributed by atoms with Gasteiger partial charge in [0.2, 0.25) is 5.91 Å². The van der Waals surface area contributed by atoms with Crippen LogP contribution < -0.4 is 9.47 Å². The van der Waals surface area contributed by atoms with Gasteiger partial charge in [0.1, 0.15) is 0 Å². The van der Waals surface area contributed by atoms with Gasteiger partial charge in [0.15, 0.2) is 17.2 Å². The zero-order valence-corrected chi connectivity index (χ0v) is 17.8. The molecule has 1 N–H and O–H groups in total. The van der Waals surface area contributed by atoms with E-state index in [-0.39, 0.29) is 18.1 Å². The van der Waals surface area contributed by atoms with Crippen LogP contribution in [0, 0.1) is 18.3 Å². The molecule has 0 bridgehead atoms. The van der Waals surface area contributed by atoms with Gasteiger partial charge in [0.25, 0.3) is 0 Å². The molecule has 0 saturated carbocycles. The van der Waals surface area contributed by atoms with Crippen molar-refractivity contribution in [3.05, 3.63) is 69.8 Å². The molecule has 154 valence electrons. The average Bonchev–Trinajstić information content (AvgIpc) is 3.12. The van der Waals surface area contributed by atoms with E-state index >= 15 is 0 Å². The summed E-state index contributed by atoms with van der Waals surface area (Å²) in [6.07, 6.45) is 0.0939. The van der Waals surface area contributed by atoms with Crippen molar-refractivity contribution in [1.29, 1.82) is 5.26 Å². The molecular formula is C23H22N2O4S. The van der Waals surface area contributed by atoms with Crippen molar-refractivity contribution in [2.24, 2.45) is 0 Å². The lowest BCUT2D eigenvalue weighted by molar-refractivity contribution is -0.149. The number of ether oxygens (including phenoxy) is 2. The second-order valence-electron chi connectivity index (χ2n) is 7.40. The lowest BCUT2D eigenvalue weighted by Crippen LogP contribution is -2.48. The summed E-state index contributed by atoms with van der Waals surface area (Å²) in [5.74, 6) is 0.793. The van der Waals surface area contributed by atoms with Crippen LogP contribution in [0.4, 0.5) is 0 Å². The number of benzene rings is 2. The van der Waals surface area contributed by atoms with Crippen LogP contribution in [0.1, 0.15) is 29.0 Å². The highest BCUT2D eigenvalue weighted by Gasteiger charge is 2.51. The van der Waals surface area contributed by atoms with Crippen LogP contribution in [0.25, 0.3) is 0 Å². The van der Waals surface area contributed by atoms with Gasteiger partial charge < -0.3 is 14.6 Å². The van der Waals surface area contributed by atoms with Gasteiger partial charge >= 0.3 is 0 Å². The van der Waals surface area contributed by atoms with Gasteiger partial charge in [-0.15, -0.1) is 11.8 Å². The van der Waals surface area contributed by atoms with E-state index in [1.165, 1.54) is 16.7 Å². The first-order chi connectivity index (χ1) is 14.4. The molecule has 0 aliphatic carbocycles. The van der Waals surface area contributed by atoms with Gasteiger partial charge in [-0.05, 0) is 24.6 Å². The molecule has 7 heteroatoms. The van der Waals surface area contributed by atoms with Gasteiger partial charge in [0, 0.05) is 17.9 Å². The molecule has 1 amide bonds. The summed E-state index contributed by atoms with van der Waals surface area (Å²) < 4.78 is 10.7. The second kappa shape index (κ2) is 7.71. The van der Waals surface area contributed by atoms with Crippen molar-refractivity contribution < 1.29 is 19.4 Å². The molecular weight excluding hydrogens is 400 g/mol. The monoisotopic (exact) mass is 422 g/mol. The van der Waals surface area contributed by atoms with E-state index in [9.17, 15) is 15.2 Å². The fraction of sp³-hybridized carbons (Fsp3) is 0.304. The van der Waals surface area contributed by atoms with Crippen LogP contribution in [0.3, 0.4) is 0 Å². The number of fused-ring (bicyclic) bond motifs is 1. The van der Waals surface area contributed by atoms with Gasteiger partial charge in [-0.1, -0.05) is 35.9 Å². The van der Waals surface area contributed by atoms with E-state index in [0.29, 0.717) is 27.7 Å². The Bertz CT molecular complexity index is 1070. The SMILES string of the molecule is COc1ccc([C@@H]2CC(=O)N3C(=C2C#N)SC[C@]3(O)c2ccc(C)cc2)cc1OC. The van der Waals surface area contributed by atoms with E-state index in [1.54, 1.807) is 26.4 Å². The Balaban J connectivity index is 1.78. The highest BCUT2D eigenvalue weighted by Crippen LogP contribution is 2.52. The van der Waals surface area contributed by atoms with Gasteiger partial charge in [-0.25, -0.2) is 0 Å². The quantitative estimate of drug-likeness (QED) is 0.810. The number of allylic oxidation sites excluding steroid dienone is 1. The molecule has 0 aromatic heterocycles. The van der Waals surface area contributed by atoms with E-state index in [0.717, 1.165) is 11.1 Å². The summed E-state index contributed by atoms with van der Waals surface area (Å²) in [4.78, 5) is 14.6. The number of nitriles is 1. The average molecular weight is 423 g/mol. The topological polar surface area (TPSA) is 82.8 Å². The molecule has 0 unspecified atom stereocenters. The number of carbonyl (C=O) groups excluding carboxylic acids is 1. The number of aliphatic hydroxyl groups is 1. The van der Waals surface area contributed by atoms with E-state index in [4.69, 9.17) is 9.47 Å². The number of carbonyl (C=O) groups is 1. The zero-order chi connectivity index (χ0) is 21.5. The highest BCUT2D eigenvalue weighted by atomic mass is 32.2. The molecule has 2 aliphatic rings. The number of hydrogen-bond acceptors (Lipinski definition) is 6. The maximum atomic E-state index is 13.2. The third-order valence-electron chi connectivity index (χ3n) is 5.63. The van der Waals surface area contributed by atoms with E-state index in [1.807, 2.05) is 37.3 Å². The standard InChI is InChI=1S/C23H22N2O4S/c1-14-4-7-16(8-5-14)23(27)13-30-22-18(12-24)17(11-21(26)25(22)23)15-6-9-19(28-2)20(10-15)29-3/h4-10,17,27H,11,13H2,1-3H3/t17-,23-/m0/s1. The third kappa shape index (κ3) is 3.13. The molecule has 2 aromatic rings. The number of hydrogen-bond donors (Lipinski definition) is 1. The normalized spacial score (nSPS) is 23.2. The van der Waals surface area contributed by atoms with Crippen molar-refractivity contribution in [3.8, 4) is 17.6 Å². The fourth-order valence-corrected chi connectivity index (χ4v) is 5.37. The number of amides is 1. The van der Waals surface area contributed by atoms with Crippen molar-refractivity contribution in [1.82, 2.24) is 4.90 Å². The zero-order valence-electron chi connectivity index (χ0n) is 17.0. The minimum atomic E-state index is -1.46. The fourth-order valence-electron chi connectivity index (χ4n) is 4.01. The Morgan fingerprint density at radius 2 is 1.87 bits per heavy atom. The highest BCUT2D eigenvalue weighted by molar-refractivity contribution is 8.03. The molecule has 2 aliphatic heterocycles. The molecule has 1 fully saturated rings. The molecule has 0 radical (unpaired) electrons. The minimum Gasteiger partial charge on any atom is -0.493 e. The van der Waals surface area contributed by atoms with Crippen LogP contribution in [-0.2, 0) is 10.5 Å². The van der Waals surface area contributed by atoms with E-state index in [2.05, 4.69) is 6.07 Å². The van der Waals surface area contributed by atoms with Crippen molar-refractivity contribution in [2.75, 3.05) is 20.0 Å². The Morgan fingerprint density at radius 3 is 2.50 bits per heavy atom. The van der Waals surface area contributed by atoms with Crippen molar-refractivity contribution in [3.63, 3.8) is 0 Å². The molecule has 1 saturated heterocycles. The summed E-state index contributed by atoms with van der Waals surface area (Å²) in [5.41, 5.74) is 1.53. The first-order valence-corrected chi connectivity index (χ1v) is 10.5. The number of methoxy groups -OCH3 is 2. The van der Waals surface area contributed by atoms with Crippen LogP contribution in [0.5, 0.6) is 11.5 Å². The van der Waals surface area contributed by atoms with Crippen molar-refractivity contribution >= 4 is 17.7 Å². The number of rotatable bonds is 4. The predicted octanol–water partition coefficient (Wildman–Crippen LogP) is 3.66. The second-order valence-corrected chi connectivity index (χ2v) is 8.37. The van der Waals surface area contributed by atoms with E-state index < -0.39 is 11.6 Å². The molecule has 4 rings (SSSR count). The van der Waals surface area contributed by atoms with Crippen LogP contribution >= 0.6 is 11.8 Å². The number of aryl methyl sites for hydroxylation is 1. The Hall–Kier alpha value is -2.95. The third-order valence-corrected chi connectivity index (χ3v) is 6.86. The number of thioether (sulfide) groups is 1. The summed E-state index contributed by atoms with van der Waals surface area (Å²) in [6, 6.07) is 15.2. The lowest BCUT2D eigenvalue weighted by Gasteiger charge is -2.38. The molecule has 2 aromatic carbocycles. The molecule has 2 atom stereocenters. The first kappa shape index (κ1) is 20.3.